The molecule has 11 heteroatoms. The molecule has 1 N–H and O–H groups in total. The van der Waals surface area contributed by atoms with Crippen LogP contribution in [0, 0.1) is 0 Å². The molecule has 0 saturated carbocycles. The number of hydrogen-bond donors (Lipinski definition) is 1. The number of amides is 1. The number of aromatic nitrogens is 3. The van der Waals surface area contributed by atoms with Crippen molar-refractivity contribution in [2.24, 2.45) is 0 Å². The Hall–Kier alpha value is -3.21. The van der Waals surface area contributed by atoms with Crippen molar-refractivity contribution in [1.82, 2.24) is 24.8 Å². The summed E-state index contributed by atoms with van der Waals surface area (Å²) in [5, 5.41) is 3.59. The molecule has 0 atom stereocenters. The lowest BCUT2D eigenvalue weighted by atomic mass is 10.1. The van der Waals surface area contributed by atoms with Crippen LogP contribution in [0.5, 0.6) is 11.5 Å². The molecule has 1 aliphatic rings. The molecule has 10 nitrogen and oxygen atoms in total. The zero-order chi connectivity index (χ0) is 27.3. The quantitative estimate of drug-likeness (QED) is 0.410. The van der Waals surface area contributed by atoms with Gasteiger partial charge in [-0.1, -0.05) is 11.6 Å². The van der Waals surface area contributed by atoms with E-state index in [9.17, 15) is 9.59 Å². The maximum atomic E-state index is 13.7. The monoisotopic (exact) mass is 543 g/mol. The largest absolute Gasteiger partial charge is 0.495 e. The highest BCUT2D eigenvalue weighted by Gasteiger charge is 2.20. The summed E-state index contributed by atoms with van der Waals surface area (Å²) in [4.78, 5) is 38.0. The number of halogens is 1. The van der Waals surface area contributed by atoms with Crippen molar-refractivity contribution in [1.29, 1.82) is 0 Å². The maximum Gasteiger partial charge on any atom is 0.263 e. The van der Waals surface area contributed by atoms with Crippen LogP contribution in [0.4, 0.5) is 0 Å². The third-order valence-electron chi connectivity index (χ3n) is 6.00. The minimum absolute atomic E-state index is 0.218. The van der Waals surface area contributed by atoms with Crippen LogP contribution in [-0.4, -0.2) is 77.4 Å². The van der Waals surface area contributed by atoms with Crippen molar-refractivity contribution in [3.8, 4) is 22.9 Å². The van der Waals surface area contributed by atoms with E-state index in [-0.39, 0.29) is 29.3 Å². The van der Waals surface area contributed by atoms with E-state index >= 15 is 0 Å². The number of rotatable bonds is 9. The molecule has 0 unspecified atom stereocenters. The molecule has 0 radical (unpaired) electrons. The third kappa shape index (κ3) is 7.00. The molecule has 1 aromatic carbocycles. The van der Waals surface area contributed by atoms with Crippen LogP contribution in [0.25, 0.3) is 22.4 Å². The average molecular weight is 544 g/mol. The standard InChI is InChI=1S/C27H34ClN5O5/c1-27(2,3)31-23(34)17-33-25(18-6-7-21(28)22(14-18)36-4)30-24-20(26(33)35)15-19(16-29-24)38-11-5-8-32-9-12-37-13-10-32/h6-7,14-16H,5,8-13,17H2,1-4H3,(H,31,34). The Morgan fingerprint density at radius 1 is 1.21 bits per heavy atom. The summed E-state index contributed by atoms with van der Waals surface area (Å²) in [5.74, 6) is 0.877. The minimum atomic E-state index is -0.460. The average Bonchev–Trinajstić information content (AvgIpc) is 2.88. The molecule has 38 heavy (non-hydrogen) atoms. The first-order valence-corrected chi connectivity index (χ1v) is 13.0. The van der Waals surface area contributed by atoms with E-state index < -0.39 is 11.1 Å². The zero-order valence-corrected chi connectivity index (χ0v) is 23.0. The Morgan fingerprint density at radius 3 is 2.68 bits per heavy atom. The number of nitrogens with zero attached hydrogens (tertiary/aromatic N) is 4. The van der Waals surface area contributed by atoms with Crippen LogP contribution in [-0.2, 0) is 16.1 Å². The van der Waals surface area contributed by atoms with Crippen LogP contribution in [0.2, 0.25) is 5.02 Å². The van der Waals surface area contributed by atoms with Gasteiger partial charge in [0.2, 0.25) is 5.91 Å². The number of hydrogen-bond acceptors (Lipinski definition) is 8. The summed E-state index contributed by atoms with van der Waals surface area (Å²) in [6, 6.07) is 6.70. The van der Waals surface area contributed by atoms with Gasteiger partial charge in [0.05, 0.1) is 43.5 Å². The van der Waals surface area contributed by atoms with Crippen LogP contribution in [0.3, 0.4) is 0 Å². The molecule has 2 aromatic heterocycles. The number of carbonyl (C=O) groups excluding carboxylic acids is 1. The van der Waals surface area contributed by atoms with E-state index in [1.165, 1.54) is 11.7 Å². The molecule has 0 bridgehead atoms. The highest BCUT2D eigenvalue weighted by molar-refractivity contribution is 6.32. The SMILES string of the molecule is COc1cc(-c2nc3ncc(OCCCN4CCOCC4)cc3c(=O)n2CC(=O)NC(C)(C)C)ccc1Cl. The molecule has 3 heterocycles. The van der Waals surface area contributed by atoms with Gasteiger partial charge in [0.1, 0.15) is 23.9 Å². The summed E-state index contributed by atoms with van der Waals surface area (Å²) in [5.41, 5.74) is -0.0290. The lowest BCUT2D eigenvalue weighted by molar-refractivity contribution is -0.123. The van der Waals surface area contributed by atoms with Gasteiger partial charge < -0.3 is 19.5 Å². The number of morpholine rings is 1. The number of fused-ring (bicyclic) bond motifs is 1. The Bertz CT molecular complexity index is 1350. The molecule has 1 fully saturated rings. The topological polar surface area (TPSA) is 108 Å². The normalized spacial score (nSPS) is 14.4. The Morgan fingerprint density at radius 2 is 1.97 bits per heavy atom. The molecule has 3 aromatic rings. The van der Waals surface area contributed by atoms with E-state index in [4.69, 9.17) is 25.8 Å². The number of pyridine rings is 1. The molecule has 1 amide bonds. The first-order valence-electron chi connectivity index (χ1n) is 12.6. The summed E-state index contributed by atoms with van der Waals surface area (Å²) in [6.45, 7) is 10.2. The van der Waals surface area contributed by atoms with Crippen LogP contribution in [0.1, 0.15) is 27.2 Å². The lowest BCUT2D eigenvalue weighted by Crippen LogP contribution is -2.43. The maximum absolute atomic E-state index is 13.7. The number of nitrogens with one attached hydrogen (secondary N) is 1. The smallest absolute Gasteiger partial charge is 0.263 e. The zero-order valence-electron chi connectivity index (χ0n) is 22.3. The Labute approximate surface area is 226 Å². The molecule has 1 saturated heterocycles. The van der Waals surface area contributed by atoms with Gasteiger partial charge in [-0.3, -0.25) is 19.1 Å². The fourth-order valence-electron chi connectivity index (χ4n) is 4.24. The van der Waals surface area contributed by atoms with Gasteiger partial charge in [-0.25, -0.2) is 9.97 Å². The third-order valence-corrected chi connectivity index (χ3v) is 6.31. The van der Waals surface area contributed by atoms with Crippen molar-refractivity contribution < 1.29 is 19.0 Å². The van der Waals surface area contributed by atoms with Gasteiger partial charge in [-0.15, -0.1) is 0 Å². The van der Waals surface area contributed by atoms with Gasteiger partial charge in [0, 0.05) is 30.7 Å². The predicted octanol–water partition coefficient (Wildman–Crippen LogP) is 3.14. The number of benzene rings is 1. The predicted molar refractivity (Wildman–Crippen MR) is 146 cm³/mol. The number of carbonyl (C=O) groups is 1. The van der Waals surface area contributed by atoms with Gasteiger partial charge in [-0.05, 0) is 51.5 Å². The summed E-state index contributed by atoms with van der Waals surface area (Å²) in [6.07, 6.45) is 2.40. The van der Waals surface area contributed by atoms with E-state index in [1.807, 2.05) is 20.8 Å². The summed E-state index contributed by atoms with van der Waals surface area (Å²) >= 11 is 6.21. The van der Waals surface area contributed by atoms with Gasteiger partial charge in [-0.2, -0.15) is 0 Å². The molecule has 0 aliphatic carbocycles. The number of ether oxygens (including phenoxy) is 3. The highest BCUT2D eigenvalue weighted by atomic mass is 35.5. The summed E-state index contributed by atoms with van der Waals surface area (Å²) < 4.78 is 18.0. The fourth-order valence-corrected chi connectivity index (χ4v) is 4.43. The molecular formula is C27H34ClN5O5. The summed E-state index contributed by atoms with van der Waals surface area (Å²) in [7, 11) is 1.51. The van der Waals surface area contributed by atoms with E-state index in [0.717, 1.165) is 39.3 Å². The van der Waals surface area contributed by atoms with Gasteiger partial charge in [0.25, 0.3) is 5.56 Å². The first kappa shape index (κ1) is 27.8. The second-order valence-electron chi connectivity index (χ2n) is 10.2. The van der Waals surface area contributed by atoms with E-state index in [1.54, 1.807) is 30.5 Å². The van der Waals surface area contributed by atoms with E-state index in [0.29, 0.717) is 28.7 Å². The lowest BCUT2D eigenvalue weighted by Gasteiger charge is -2.26. The number of methoxy groups -OCH3 is 1. The second kappa shape index (κ2) is 12.1. The first-order chi connectivity index (χ1) is 18.1. The molecule has 1 aliphatic heterocycles. The van der Waals surface area contributed by atoms with Gasteiger partial charge >= 0.3 is 0 Å². The fraction of sp³-hybridized carbons (Fsp3) is 0.481. The Balaban J connectivity index is 1.64. The second-order valence-corrected chi connectivity index (χ2v) is 10.6. The molecule has 0 spiro atoms. The highest BCUT2D eigenvalue weighted by Crippen LogP contribution is 2.30. The minimum Gasteiger partial charge on any atom is -0.495 e. The van der Waals surface area contributed by atoms with Crippen LogP contribution in [0.15, 0.2) is 35.3 Å². The van der Waals surface area contributed by atoms with Crippen molar-refractivity contribution in [3.05, 3.63) is 45.8 Å². The van der Waals surface area contributed by atoms with Crippen molar-refractivity contribution in [3.63, 3.8) is 0 Å². The van der Waals surface area contributed by atoms with Crippen molar-refractivity contribution in [2.75, 3.05) is 46.6 Å². The molecular weight excluding hydrogens is 510 g/mol. The molecule has 204 valence electrons. The van der Waals surface area contributed by atoms with E-state index in [2.05, 4.69) is 20.2 Å². The van der Waals surface area contributed by atoms with Crippen LogP contribution < -0.4 is 20.3 Å². The van der Waals surface area contributed by atoms with Crippen molar-refractivity contribution >= 4 is 28.5 Å². The van der Waals surface area contributed by atoms with Gasteiger partial charge in [0.15, 0.2) is 5.65 Å². The molecule has 4 rings (SSSR count). The van der Waals surface area contributed by atoms with Crippen molar-refractivity contribution in [2.45, 2.75) is 39.3 Å². The van der Waals surface area contributed by atoms with Crippen LogP contribution >= 0.6 is 11.6 Å². The Kier molecular flexibility index (Phi) is 8.86.